The molecule has 0 aliphatic heterocycles. The van der Waals surface area contributed by atoms with Crippen molar-refractivity contribution < 1.29 is 4.74 Å². The van der Waals surface area contributed by atoms with Crippen LogP contribution in [-0.2, 0) is 5.54 Å². The molecule has 0 aliphatic carbocycles. The summed E-state index contributed by atoms with van der Waals surface area (Å²) in [4.78, 5) is 4.40. The maximum atomic E-state index is 6.62. The van der Waals surface area contributed by atoms with Gasteiger partial charge in [-0.1, -0.05) is 36.4 Å². The summed E-state index contributed by atoms with van der Waals surface area (Å²) in [5, 5.41) is 1.11. The Labute approximate surface area is 124 Å². The molecular weight excluding hydrogens is 260 g/mol. The van der Waals surface area contributed by atoms with Gasteiger partial charge in [0.2, 0.25) is 0 Å². The predicted octanol–water partition coefficient (Wildman–Crippen LogP) is 3.47. The van der Waals surface area contributed by atoms with Crippen LogP contribution in [-0.4, -0.2) is 12.1 Å². The average Bonchev–Trinajstić information content (AvgIpc) is 2.54. The van der Waals surface area contributed by atoms with Crippen LogP contribution in [0.2, 0.25) is 0 Å². The van der Waals surface area contributed by atoms with Gasteiger partial charge in [0.1, 0.15) is 5.75 Å². The van der Waals surface area contributed by atoms with E-state index in [1.807, 2.05) is 49.4 Å². The molecule has 1 aromatic heterocycles. The third-order valence-corrected chi connectivity index (χ3v) is 3.87. The van der Waals surface area contributed by atoms with E-state index in [4.69, 9.17) is 10.5 Å². The normalized spacial score (nSPS) is 13.9. The average molecular weight is 278 g/mol. The molecule has 3 aromatic rings. The molecule has 0 radical (unpaired) electrons. The zero-order valence-corrected chi connectivity index (χ0v) is 12.2. The molecule has 1 unspecified atom stereocenters. The van der Waals surface area contributed by atoms with Gasteiger partial charge in [0.25, 0.3) is 0 Å². The van der Waals surface area contributed by atoms with Gasteiger partial charge >= 0.3 is 0 Å². The number of hydrogen-bond donors (Lipinski definition) is 1. The Morgan fingerprint density at radius 2 is 1.86 bits per heavy atom. The number of nitrogens with two attached hydrogens (primary N) is 1. The van der Waals surface area contributed by atoms with E-state index >= 15 is 0 Å². The maximum absolute atomic E-state index is 6.62. The summed E-state index contributed by atoms with van der Waals surface area (Å²) in [6.45, 7) is 2.00. The number of pyridine rings is 1. The summed E-state index contributed by atoms with van der Waals surface area (Å²) in [5.74, 6) is 0.795. The first kappa shape index (κ1) is 13.6. The van der Waals surface area contributed by atoms with Crippen molar-refractivity contribution in [1.29, 1.82) is 0 Å². The lowest BCUT2D eigenvalue weighted by atomic mass is 9.84. The van der Waals surface area contributed by atoms with E-state index in [0.717, 1.165) is 27.8 Å². The van der Waals surface area contributed by atoms with Crippen LogP contribution >= 0.6 is 0 Å². The lowest BCUT2D eigenvalue weighted by molar-refractivity contribution is 0.399. The zero-order chi connectivity index (χ0) is 14.9. The van der Waals surface area contributed by atoms with Crippen molar-refractivity contribution in [3.05, 3.63) is 71.9 Å². The van der Waals surface area contributed by atoms with Gasteiger partial charge < -0.3 is 10.5 Å². The minimum atomic E-state index is -0.641. The van der Waals surface area contributed by atoms with Crippen LogP contribution in [0.3, 0.4) is 0 Å². The fourth-order valence-corrected chi connectivity index (χ4v) is 2.62. The maximum Gasteiger partial charge on any atom is 0.124 e. The number of benzene rings is 2. The number of ether oxygens (including phenoxy) is 1. The number of methoxy groups -OCH3 is 1. The van der Waals surface area contributed by atoms with Crippen LogP contribution in [0, 0.1) is 0 Å². The summed E-state index contributed by atoms with van der Waals surface area (Å²) < 4.78 is 5.45. The first-order chi connectivity index (χ1) is 10.1. The number of rotatable bonds is 3. The Morgan fingerprint density at radius 1 is 1.05 bits per heavy atom. The quantitative estimate of drug-likeness (QED) is 0.798. The summed E-state index contributed by atoms with van der Waals surface area (Å²) in [5.41, 5.74) is 8.90. The van der Waals surface area contributed by atoms with Crippen LogP contribution in [0.5, 0.6) is 5.75 Å². The molecule has 0 bridgehead atoms. The second kappa shape index (κ2) is 5.19. The Balaban J connectivity index is 2.15. The molecule has 0 aliphatic rings. The van der Waals surface area contributed by atoms with Crippen molar-refractivity contribution >= 4 is 10.9 Å². The van der Waals surface area contributed by atoms with Gasteiger partial charge in [0.15, 0.2) is 0 Å². The molecule has 3 nitrogen and oxygen atoms in total. The molecule has 3 rings (SSSR count). The minimum absolute atomic E-state index is 0.641. The van der Waals surface area contributed by atoms with Crippen LogP contribution < -0.4 is 10.5 Å². The molecule has 3 heteroatoms. The molecule has 0 spiro atoms. The van der Waals surface area contributed by atoms with Crippen molar-refractivity contribution in [2.75, 3.05) is 7.11 Å². The van der Waals surface area contributed by atoms with Gasteiger partial charge in [0.05, 0.1) is 18.2 Å². The lowest BCUT2D eigenvalue weighted by Crippen LogP contribution is -2.34. The molecule has 2 N–H and O–H groups in total. The molecule has 2 aromatic carbocycles. The third-order valence-electron chi connectivity index (χ3n) is 3.87. The summed E-state index contributed by atoms with van der Waals surface area (Å²) >= 11 is 0. The molecule has 106 valence electrons. The van der Waals surface area contributed by atoms with Gasteiger partial charge in [-0.15, -0.1) is 0 Å². The van der Waals surface area contributed by atoms with Crippen molar-refractivity contribution in [3.8, 4) is 5.75 Å². The number of fused-ring (bicyclic) bond motifs is 1. The molecule has 0 saturated heterocycles. The predicted molar refractivity (Wildman–Crippen MR) is 85.4 cm³/mol. The van der Waals surface area contributed by atoms with Gasteiger partial charge in [-0.2, -0.15) is 0 Å². The highest BCUT2D eigenvalue weighted by Gasteiger charge is 2.27. The monoisotopic (exact) mass is 278 g/mol. The standard InChI is InChI=1S/C18H18N2O/c1-18(19,15-7-3-4-8-17(15)21-2)14-10-9-13-6-5-11-20-16(13)12-14/h3-12H,19H2,1-2H3. The van der Waals surface area contributed by atoms with Gasteiger partial charge in [-0.05, 0) is 30.7 Å². The smallest absolute Gasteiger partial charge is 0.124 e. The van der Waals surface area contributed by atoms with Crippen molar-refractivity contribution in [2.45, 2.75) is 12.5 Å². The summed E-state index contributed by atoms with van der Waals surface area (Å²) in [6.07, 6.45) is 1.79. The minimum Gasteiger partial charge on any atom is -0.496 e. The van der Waals surface area contributed by atoms with E-state index in [9.17, 15) is 0 Å². The second-order valence-electron chi connectivity index (χ2n) is 5.31. The first-order valence-electron chi connectivity index (χ1n) is 6.90. The highest BCUT2D eigenvalue weighted by atomic mass is 16.5. The Kier molecular flexibility index (Phi) is 3.35. The van der Waals surface area contributed by atoms with E-state index < -0.39 is 5.54 Å². The van der Waals surface area contributed by atoms with Crippen LogP contribution in [0.15, 0.2) is 60.8 Å². The fourth-order valence-electron chi connectivity index (χ4n) is 2.62. The molecule has 0 saturated carbocycles. The van der Waals surface area contributed by atoms with Crippen LogP contribution in [0.25, 0.3) is 10.9 Å². The highest BCUT2D eigenvalue weighted by molar-refractivity contribution is 5.79. The van der Waals surface area contributed by atoms with E-state index in [1.165, 1.54) is 0 Å². The van der Waals surface area contributed by atoms with Gasteiger partial charge in [-0.3, -0.25) is 4.98 Å². The SMILES string of the molecule is COc1ccccc1C(C)(N)c1ccc2cccnc2c1. The summed E-state index contributed by atoms with van der Waals surface area (Å²) in [7, 11) is 1.66. The number of nitrogens with zero attached hydrogens (tertiary/aromatic N) is 1. The van der Waals surface area contributed by atoms with Crippen LogP contribution in [0.1, 0.15) is 18.1 Å². The summed E-state index contributed by atoms with van der Waals surface area (Å²) in [6, 6.07) is 18.0. The van der Waals surface area contributed by atoms with E-state index in [0.29, 0.717) is 0 Å². The molecule has 0 amide bonds. The third kappa shape index (κ3) is 2.36. The van der Waals surface area contributed by atoms with Crippen molar-refractivity contribution in [2.24, 2.45) is 5.73 Å². The Hall–Kier alpha value is -2.39. The topological polar surface area (TPSA) is 48.1 Å². The largest absolute Gasteiger partial charge is 0.496 e. The Morgan fingerprint density at radius 3 is 2.67 bits per heavy atom. The van der Waals surface area contributed by atoms with Gasteiger partial charge in [-0.25, -0.2) is 0 Å². The molecular formula is C18H18N2O. The van der Waals surface area contributed by atoms with Crippen LogP contribution in [0.4, 0.5) is 0 Å². The first-order valence-corrected chi connectivity index (χ1v) is 6.90. The van der Waals surface area contributed by atoms with Gasteiger partial charge in [0, 0.05) is 17.1 Å². The van der Waals surface area contributed by atoms with E-state index in [1.54, 1.807) is 13.3 Å². The molecule has 0 fully saturated rings. The van der Waals surface area contributed by atoms with Crippen molar-refractivity contribution in [1.82, 2.24) is 4.98 Å². The van der Waals surface area contributed by atoms with E-state index in [2.05, 4.69) is 17.1 Å². The lowest BCUT2D eigenvalue weighted by Gasteiger charge is -2.27. The highest BCUT2D eigenvalue weighted by Crippen LogP contribution is 2.34. The molecule has 1 heterocycles. The fraction of sp³-hybridized carbons (Fsp3) is 0.167. The second-order valence-corrected chi connectivity index (χ2v) is 5.31. The zero-order valence-electron chi connectivity index (χ0n) is 12.2. The molecule has 21 heavy (non-hydrogen) atoms. The number of aromatic nitrogens is 1. The van der Waals surface area contributed by atoms with E-state index in [-0.39, 0.29) is 0 Å². The van der Waals surface area contributed by atoms with Crippen molar-refractivity contribution in [3.63, 3.8) is 0 Å². The number of hydrogen-bond acceptors (Lipinski definition) is 3. The Bertz CT molecular complexity index is 781. The number of para-hydroxylation sites is 1. The molecule has 1 atom stereocenters.